The minimum atomic E-state index is -0.334. The van der Waals surface area contributed by atoms with Gasteiger partial charge in [-0.05, 0) is 68.4 Å². The fraction of sp³-hybridized carbons (Fsp3) is 0.240. The first-order valence-electron chi connectivity index (χ1n) is 11.0. The van der Waals surface area contributed by atoms with Crippen LogP contribution >= 0.6 is 11.8 Å². The molecule has 2 aromatic carbocycles. The molecule has 0 unspecified atom stereocenters. The van der Waals surface area contributed by atoms with Gasteiger partial charge in [-0.1, -0.05) is 17.0 Å². The summed E-state index contributed by atoms with van der Waals surface area (Å²) in [5.74, 6) is 0.802. The van der Waals surface area contributed by atoms with E-state index in [0.717, 1.165) is 28.5 Å². The monoisotopic (exact) mass is 489 g/mol. The van der Waals surface area contributed by atoms with Crippen LogP contribution in [0.15, 0.2) is 59.8 Å². The molecule has 2 heterocycles. The van der Waals surface area contributed by atoms with Crippen molar-refractivity contribution in [3.05, 3.63) is 77.4 Å². The molecule has 1 amide bonds. The average Bonchev–Trinajstić information content (AvgIpc) is 3.26. The highest BCUT2D eigenvalue weighted by Crippen LogP contribution is 2.25. The van der Waals surface area contributed by atoms with E-state index in [2.05, 4.69) is 25.6 Å². The molecule has 0 saturated carbocycles. The molecule has 0 fully saturated rings. The number of amides is 1. The third-order valence-electron chi connectivity index (χ3n) is 5.24. The van der Waals surface area contributed by atoms with E-state index in [9.17, 15) is 4.79 Å². The van der Waals surface area contributed by atoms with Crippen LogP contribution in [0.25, 0.3) is 5.69 Å². The standard InChI is InChI=1S/C25H27N7O2S/c1-16-14-17(2)27-25(26-16)35-15-22-23(24(33)28-18-6-8-19(9-7-18)31(3)4)29-30-32(22)20-10-12-21(34-5)13-11-20/h6-14H,15H2,1-5H3,(H,28,33). The normalized spacial score (nSPS) is 10.8. The number of carbonyl (C=O) groups excluding carboxylic acids is 1. The zero-order chi connectivity index (χ0) is 24.9. The first kappa shape index (κ1) is 24.2. The van der Waals surface area contributed by atoms with Crippen molar-refractivity contribution < 1.29 is 9.53 Å². The topological polar surface area (TPSA) is 98.1 Å². The van der Waals surface area contributed by atoms with E-state index in [0.29, 0.717) is 22.3 Å². The summed E-state index contributed by atoms with van der Waals surface area (Å²) < 4.78 is 6.93. The van der Waals surface area contributed by atoms with Crippen molar-refractivity contribution in [1.29, 1.82) is 0 Å². The Morgan fingerprint density at radius 2 is 1.69 bits per heavy atom. The molecule has 0 spiro atoms. The minimum absolute atomic E-state index is 0.245. The predicted molar refractivity (Wildman–Crippen MR) is 138 cm³/mol. The van der Waals surface area contributed by atoms with Crippen molar-refractivity contribution in [1.82, 2.24) is 25.0 Å². The second-order valence-corrected chi connectivity index (χ2v) is 9.05. The van der Waals surface area contributed by atoms with Gasteiger partial charge < -0.3 is 15.0 Å². The molecular weight excluding hydrogens is 462 g/mol. The number of aromatic nitrogens is 5. The van der Waals surface area contributed by atoms with E-state index in [1.54, 1.807) is 11.8 Å². The summed E-state index contributed by atoms with van der Waals surface area (Å²) in [6, 6.07) is 17.0. The Morgan fingerprint density at radius 1 is 1.03 bits per heavy atom. The van der Waals surface area contributed by atoms with E-state index >= 15 is 0 Å². The third-order valence-corrected chi connectivity index (χ3v) is 6.10. The van der Waals surface area contributed by atoms with Crippen molar-refractivity contribution in [3.8, 4) is 11.4 Å². The maximum Gasteiger partial charge on any atom is 0.278 e. The summed E-state index contributed by atoms with van der Waals surface area (Å²) >= 11 is 1.43. The number of hydrogen-bond acceptors (Lipinski definition) is 8. The van der Waals surface area contributed by atoms with Crippen LogP contribution in [0.1, 0.15) is 27.6 Å². The van der Waals surface area contributed by atoms with Crippen LogP contribution in [0.3, 0.4) is 0 Å². The third kappa shape index (κ3) is 5.78. The van der Waals surface area contributed by atoms with Crippen LogP contribution in [0.5, 0.6) is 5.75 Å². The van der Waals surface area contributed by atoms with Crippen molar-refractivity contribution in [2.24, 2.45) is 0 Å². The van der Waals surface area contributed by atoms with E-state index in [1.807, 2.05) is 87.4 Å². The molecule has 180 valence electrons. The van der Waals surface area contributed by atoms with Gasteiger partial charge in [0.25, 0.3) is 5.91 Å². The molecule has 2 aromatic heterocycles. The molecule has 0 aliphatic heterocycles. The van der Waals surface area contributed by atoms with Gasteiger partial charge in [-0.15, -0.1) is 5.10 Å². The Balaban J connectivity index is 1.64. The number of nitrogens with one attached hydrogen (secondary N) is 1. The Morgan fingerprint density at radius 3 is 2.29 bits per heavy atom. The van der Waals surface area contributed by atoms with Crippen LogP contribution in [0.2, 0.25) is 0 Å². The van der Waals surface area contributed by atoms with E-state index in [4.69, 9.17) is 4.74 Å². The lowest BCUT2D eigenvalue weighted by atomic mass is 10.2. The van der Waals surface area contributed by atoms with Gasteiger partial charge in [-0.3, -0.25) is 4.79 Å². The molecule has 0 aliphatic carbocycles. The molecule has 4 rings (SSSR count). The molecule has 9 nitrogen and oxygen atoms in total. The lowest BCUT2D eigenvalue weighted by molar-refractivity contribution is 0.102. The van der Waals surface area contributed by atoms with E-state index < -0.39 is 0 Å². The van der Waals surface area contributed by atoms with Gasteiger partial charge in [-0.2, -0.15) is 0 Å². The fourth-order valence-corrected chi connectivity index (χ4v) is 4.40. The minimum Gasteiger partial charge on any atom is -0.497 e. The highest BCUT2D eigenvalue weighted by atomic mass is 32.2. The number of anilines is 2. The van der Waals surface area contributed by atoms with E-state index in [-0.39, 0.29) is 11.6 Å². The first-order chi connectivity index (χ1) is 16.8. The Kier molecular flexibility index (Phi) is 7.31. The lowest BCUT2D eigenvalue weighted by Gasteiger charge is -2.13. The van der Waals surface area contributed by atoms with Crippen molar-refractivity contribution in [2.75, 3.05) is 31.4 Å². The summed E-state index contributed by atoms with van der Waals surface area (Å²) in [5, 5.41) is 12.1. The Hall–Kier alpha value is -3.92. The Bertz CT molecular complexity index is 1300. The zero-order valence-electron chi connectivity index (χ0n) is 20.3. The maximum absolute atomic E-state index is 13.2. The molecule has 4 aromatic rings. The predicted octanol–water partition coefficient (Wildman–Crippen LogP) is 4.29. The molecule has 35 heavy (non-hydrogen) atoms. The number of nitrogens with zero attached hydrogens (tertiary/aromatic N) is 6. The molecule has 0 aliphatic rings. The Labute approximate surface area is 208 Å². The molecule has 0 atom stereocenters. The van der Waals surface area contributed by atoms with Crippen molar-refractivity contribution >= 4 is 29.0 Å². The molecule has 1 N–H and O–H groups in total. The van der Waals surface area contributed by atoms with Gasteiger partial charge in [0.15, 0.2) is 10.9 Å². The van der Waals surface area contributed by atoms with Gasteiger partial charge in [-0.25, -0.2) is 14.6 Å². The van der Waals surface area contributed by atoms with Gasteiger partial charge in [0.2, 0.25) is 0 Å². The number of benzene rings is 2. The summed E-state index contributed by atoms with van der Waals surface area (Å²) in [5.41, 5.74) is 5.15. The average molecular weight is 490 g/mol. The van der Waals surface area contributed by atoms with Crippen LogP contribution < -0.4 is 15.0 Å². The first-order valence-corrected chi connectivity index (χ1v) is 12.0. The highest BCUT2D eigenvalue weighted by molar-refractivity contribution is 7.98. The van der Waals surface area contributed by atoms with Gasteiger partial charge in [0, 0.05) is 42.6 Å². The number of aryl methyl sites for hydroxylation is 2. The summed E-state index contributed by atoms with van der Waals surface area (Å²) in [6.07, 6.45) is 0. The van der Waals surface area contributed by atoms with Crippen LogP contribution in [-0.4, -0.2) is 52.1 Å². The van der Waals surface area contributed by atoms with Crippen molar-refractivity contribution in [2.45, 2.75) is 24.8 Å². The number of rotatable bonds is 8. The van der Waals surface area contributed by atoms with Crippen molar-refractivity contribution in [3.63, 3.8) is 0 Å². The summed E-state index contributed by atoms with van der Waals surface area (Å²) in [4.78, 5) is 24.2. The smallest absolute Gasteiger partial charge is 0.278 e. The number of carbonyl (C=O) groups is 1. The number of thioether (sulfide) groups is 1. The largest absolute Gasteiger partial charge is 0.497 e. The second kappa shape index (κ2) is 10.6. The van der Waals surface area contributed by atoms with Crippen LogP contribution in [0.4, 0.5) is 11.4 Å². The van der Waals surface area contributed by atoms with Crippen LogP contribution in [0, 0.1) is 13.8 Å². The highest BCUT2D eigenvalue weighted by Gasteiger charge is 2.22. The molecule has 0 radical (unpaired) electrons. The van der Waals surface area contributed by atoms with Gasteiger partial charge in [0.1, 0.15) is 5.75 Å². The molecule has 10 heteroatoms. The SMILES string of the molecule is COc1ccc(-n2nnc(C(=O)Nc3ccc(N(C)C)cc3)c2CSc2nc(C)cc(C)n2)cc1. The van der Waals surface area contributed by atoms with Gasteiger partial charge >= 0.3 is 0 Å². The summed E-state index contributed by atoms with van der Waals surface area (Å²) in [6.45, 7) is 3.87. The quantitative estimate of drug-likeness (QED) is 0.289. The van der Waals surface area contributed by atoms with E-state index in [1.165, 1.54) is 11.8 Å². The maximum atomic E-state index is 13.2. The lowest BCUT2D eigenvalue weighted by Crippen LogP contribution is -2.15. The summed E-state index contributed by atoms with van der Waals surface area (Å²) in [7, 11) is 5.55. The molecule has 0 bridgehead atoms. The number of methoxy groups -OCH3 is 1. The number of hydrogen-bond donors (Lipinski definition) is 1. The number of ether oxygens (including phenoxy) is 1. The fourth-order valence-electron chi connectivity index (χ4n) is 3.46. The zero-order valence-corrected chi connectivity index (χ0v) is 21.1. The molecule has 0 saturated heterocycles. The second-order valence-electron chi connectivity index (χ2n) is 8.11. The molecular formula is C25H27N7O2S. The van der Waals surface area contributed by atoms with Crippen LogP contribution in [-0.2, 0) is 5.75 Å². The van der Waals surface area contributed by atoms with Gasteiger partial charge in [0.05, 0.1) is 18.5 Å².